The molecule has 0 saturated carbocycles. The van der Waals surface area contributed by atoms with Crippen LogP contribution in [0.15, 0.2) is 45.9 Å². The van der Waals surface area contributed by atoms with Crippen molar-refractivity contribution in [2.75, 3.05) is 0 Å². The Balaban J connectivity index is 1.64. The van der Waals surface area contributed by atoms with Crippen LogP contribution in [0.3, 0.4) is 0 Å². The first-order valence-corrected chi connectivity index (χ1v) is 8.19. The fourth-order valence-corrected chi connectivity index (χ4v) is 2.49. The highest BCUT2D eigenvalue weighted by molar-refractivity contribution is 6.31. The van der Waals surface area contributed by atoms with Crippen LogP contribution in [-0.4, -0.2) is 21.9 Å². The highest BCUT2D eigenvalue weighted by Crippen LogP contribution is 2.20. The second kappa shape index (κ2) is 7.53. The van der Waals surface area contributed by atoms with Gasteiger partial charge in [0.15, 0.2) is 5.76 Å². The first-order chi connectivity index (χ1) is 12.5. The monoisotopic (exact) mass is 374 g/mol. The van der Waals surface area contributed by atoms with Crippen molar-refractivity contribution in [3.63, 3.8) is 0 Å². The zero-order valence-electron chi connectivity index (χ0n) is 14.2. The number of hydrogen-bond acceptors (Lipinski definition) is 4. The summed E-state index contributed by atoms with van der Waals surface area (Å²) in [6.45, 7) is 4.03. The highest BCUT2D eigenvalue weighted by Gasteiger charge is 2.14. The minimum absolute atomic E-state index is 0.0957. The fraction of sp³-hybridized carbons (Fsp3) is 0.167. The fourth-order valence-electron chi connectivity index (χ4n) is 2.36. The molecule has 1 amide bonds. The molecule has 0 spiro atoms. The summed E-state index contributed by atoms with van der Waals surface area (Å²) >= 11 is 6.12. The molecule has 1 N–H and O–H groups in total. The lowest BCUT2D eigenvalue weighted by Crippen LogP contribution is -2.17. The van der Waals surface area contributed by atoms with Crippen LogP contribution in [0.25, 0.3) is 0 Å². The second-order valence-electron chi connectivity index (χ2n) is 5.63. The number of carbonyl (C=O) groups is 1. The van der Waals surface area contributed by atoms with Gasteiger partial charge < -0.3 is 4.42 Å². The van der Waals surface area contributed by atoms with Crippen molar-refractivity contribution in [2.45, 2.75) is 20.4 Å². The van der Waals surface area contributed by atoms with E-state index in [4.69, 9.17) is 16.0 Å². The summed E-state index contributed by atoms with van der Waals surface area (Å²) in [5.41, 5.74) is 4.13. The molecule has 0 radical (unpaired) electrons. The van der Waals surface area contributed by atoms with Gasteiger partial charge in [0, 0.05) is 5.56 Å². The minimum Gasteiger partial charge on any atom is -0.454 e. The number of carbonyl (C=O) groups excluding carboxylic acids is 1. The lowest BCUT2D eigenvalue weighted by atomic mass is 10.2. The molecule has 0 atom stereocenters. The van der Waals surface area contributed by atoms with Crippen LogP contribution in [0.5, 0.6) is 0 Å². The van der Waals surface area contributed by atoms with Gasteiger partial charge in [-0.25, -0.2) is 9.82 Å². The number of amides is 1. The van der Waals surface area contributed by atoms with Crippen LogP contribution in [0, 0.1) is 19.7 Å². The zero-order valence-corrected chi connectivity index (χ0v) is 14.9. The summed E-state index contributed by atoms with van der Waals surface area (Å²) in [7, 11) is 0. The number of benzene rings is 1. The maximum Gasteiger partial charge on any atom is 0.307 e. The van der Waals surface area contributed by atoms with E-state index in [1.807, 2.05) is 13.8 Å². The molecular formula is C18H16ClFN4O2. The lowest BCUT2D eigenvalue weighted by molar-refractivity contribution is 0.0925. The smallest absolute Gasteiger partial charge is 0.307 e. The summed E-state index contributed by atoms with van der Waals surface area (Å²) in [4.78, 5) is 12.1. The molecule has 0 unspecified atom stereocenters. The van der Waals surface area contributed by atoms with Crippen molar-refractivity contribution >= 4 is 23.7 Å². The van der Waals surface area contributed by atoms with Gasteiger partial charge in [-0.2, -0.15) is 10.2 Å². The molecule has 0 aliphatic carbocycles. The Labute approximate surface area is 154 Å². The molecule has 26 heavy (non-hydrogen) atoms. The SMILES string of the molecule is Cc1nn(Cc2ccc(C(=O)NN=Cc3ccccc3F)o2)c(C)c1Cl. The molecule has 134 valence electrons. The number of hydrazone groups is 1. The number of hydrogen-bond donors (Lipinski definition) is 1. The second-order valence-corrected chi connectivity index (χ2v) is 6.01. The van der Waals surface area contributed by atoms with Gasteiger partial charge in [0.25, 0.3) is 0 Å². The maximum absolute atomic E-state index is 13.5. The summed E-state index contributed by atoms with van der Waals surface area (Å²) in [6, 6.07) is 9.33. The number of rotatable bonds is 5. The minimum atomic E-state index is -0.532. The standard InChI is InChI=1S/C18H16ClFN4O2/c1-11-17(19)12(2)24(23-11)10-14-7-8-16(26-14)18(25)22-21-9-13-5-3-4-6-15(13)20/h3-9H,10H2,1-2H3,(H,22,25). The van der Waals surface area contributed by atoms with Gasteiger partial charge in [0.1, 0.15) is 11.6 Å². The van der Waals surface area contributed by atoms with Crippen molar-refractivity contribution in [1.82, 2.24) is 15.2 Å². The van der Waals surface area contributed by atoms with Crippen LogP contribution in [0.1, 0.15) is 33.3 Å². The van der Waals surface area contributed by atoms with E-state index in [0.717, 1.165) is 11.4 Å². The lowest BCUT2D eigenvalue weighted by Gasteiger charge is -2.01. The van der Waals surface area contributed by atoms with Crippen molar-refractivity contribution in [3.8, 4) is 0 Å². The maximum atomic E-state index is 13.5. The van der Waals surface area contributed by atoms with Gasteiger partial charge >= 0.3 is 5.91 Å². The molecule has 0 aliphatic rings. The van der Waals surface area contributed by atoms with Gasteiger partial charge in [-0.05, 0) is 32.0 Å². The number of halogens is 2. The third-order valence-corrected chi connectivity index (χ3v) is 4.31. The summed E-state index contributed by atoms with van der Waals surface area (Å²) in [5, 5.41) is 8.67. The van der Waals surface area contributed by atoms with Crippen LogP contribution in [-0.2, 0) is 6.54 Å². The number of nitrogens with zero attached hydrogens (tertiary/aromatic N) is 3. The van der Waals surface area contributed by atoms with Gasteiger partial charge in [0.05, 0.1) is 29.2 Å². The summed E-state index contributed by atoms with van der Waals surface area (Å²) < 4.78 is 20.7. The molecule has 0 saturated heterocycles. The molecule has 3 aromatic rings. The molecule has 2 aromatic heterocycles. The van der Waals surface area contributed by atoms with E-state index < -0.39 is 11.7 Å². The Bertz CT molecular complexity index is 977. The van der Waals surface area contributed by atoms with Gasteiger partial charge in [-0.15, -0.1) is 0 Å². The topological polar surface area (TPSA) is 72.4 Å². The van der Waals surface area contributed by atoms with Gasteiger partial charge in [-0.1, -0.05) is 29.8 Å². The average molecular weight is 375 g/mol. The van der Waals surface area contributed by atoms with Crippen molar-refractivity contribution < 1.29 is 13.6 Å². The van der Waals surface area contributed by atoms with E-state index in [2.05, 4.69) is 15.6 Å². The molecule has 0 fully saturated rings. The third kappa shape index (κ3) is 3.83. The van der Waals surface area contributed by atoms with Crippen LogP contribution >= 0.6 is 11.6 Å². The molecule has 1 aromatic carbocycles. The van der Waals surface area contributed by atoms with E-state index >= 15 is 0 Å². The van der Waals surface area contributed by atoms with Gasteiger partial charge in [-0.3, -0.25) is 9.48 Å². The first-order valence-electron chi connectivity index (χ1n) is 7.82. The Hall–Kier alpha value is -2.93. The Morgan fingerprint density at radius 1 is 1.35 bits per heavy atom. The predicted octanol–water partition coefficient (Wildman–Crippen LogP) is 3.70. The van der Waals surface area contributed by atoms with Gasteiger partial charge in [0.2, 0.25) is 0 Å². The average Bonchev–Trinajstić information content (AvgIpc) is 3.18. The van der Waals surface area contributed by atoms with Crippen LogP contribution < -0.4 is 5.43 Å². The largest absolute Gasteiger partial charge is 0.454 e. The Morgan fingerprint density at radius 3 is 2.81 bits per heavy atom. The van der Waals surface area contributed by atoms with E-state index in [9.17, 15) is 9.18 Å². The molecule has 0 bridgehead atoms. The zero-order chi connectivity index (χ0) is 18.7. The molecule has 0 aliphatic heterocycles. The van der Waals surface area contributed by atoms with E-state index in [1.165, 1.54) is 18.3 Å². The number of furan rings is 1. The Kier molecular flexibility index (Phi) is 5.18. The summed E-state index contributed by atoms with van der Waals surface area (Å²) in [6.07, 6.45) is 1.23. The number of aryl methyl sites for hydroxylation is 1. The molecule has 2 heterocycles. The highest BCUT2D eigenvalue weighted by atomic mass is 35.5. The molecule has 8 heteroatoms. The van der Waals surface area contributed by atoms with Crippen molar-refractivity contribution in [3.05, 3.63) is 75.7 Å². The molecule has 3 rings (SSSR count). The van der Waals surface area contributed by atoms with E-state index in [1.54, 1.807) is 28.9 Å². The molecule has 6 nitrogen and oxygen atoms in total. The van der Waals surface area contributed by atoms with Crippen LogP contribution in [0.2, 0.25) is 5.02 Å². The number of aromatic nitrogens is 2. The first kappa shape index (κ1) is 17.9. The van der Waals surface area contributed by atoms with Crippen LogP contribution in [0.4, 0.5) is 4.39 Å². The van der Waals surface area contributed by atoms with Crippen molar-refractivity contribution in [1.29, 1.82) is 0 Å². The normalized spacial score (nSPS) is 11.2. The quantitative estimate of drug-likeness (QED) is 0.546. The Morgan fingerprint density at radius 2 is 2.12 bits per heavy atom. The predicted molar refractivity (Wildman–Crippen MR) is 96.0 cm³/mol. The van der Waals surface area contributed by atoms with E-state index in [0.29, 0.717) is 17.3 Å². The third-order valence-electron chi connectivity index (χ3n) is 3.76. The number of nitrogens with one attached hydrogen (secondary N) is 1. The van der Waals surface area contributed by atoms with Crippen molar-refractivity contribution in [2.24, 2.45) is 5.10 Å². The summed E-state index contributed by atoms with van der Waals surface area (Å²) in [5.74, 6) is -0.307. The van der Waals surface area contributed by atoms with E-state index in [-0.39, 0.29) is 11.3 Å². The molecular weight excluding hydrogens is 359 g/mol.